The fourth-order valence-corrected chi connectivity index (χ4v) is 3.34. The van der Waals surface area contributed by atoms with Crippen molar-refractivity contribution in [2.45, 2.75) is 12.8 Å². The number of carbonyl (C=O) groups excluding carboxylic acids is 1. The van der Waals surface area contributed by atoms with Crippen molar-refractivity contribution in [1.29, 1.82) is 0 Å². The maximum atomic E-state index is 12.7. The van der Waals surface area contributed by atoms with Crippen LogP contribution in [-0.2, 0) is 0 Å². The number of methoxy groups -OCH3 is 2. The van der Waals surface area contributed by atoms with E-state index in [1.54, 1.807) is 12.1 Å². The van der Waals surface area contributed by atoms with E-state index in [2.05, 4.69) is 10.2 Å². The van der Waals surface area contributed by atoms with Gasteiger partial charge in [-0.25, -0.2) is 0 Å². The number of hydrogen-bond acceptors (Lipinski definition) is 4. The molecule has 1 fully saturated rings. The molecular weight excluding hydrogens is 340 g/mol. The van der Waals surface area contributed by atoms with Gasteiger partial charge in [-0.3, -0.25) is 4.79 Å². The van der Waals surface area contributed by atoms with Crippen LogP contribution in [0.25, 0.3) is 0 Å². The van der Waals surface area contributed by atoms with Gasteiger partial charge in [-0.15, -0.1) is 0 Å². The zero-order chi connectivity index (χ0) is 17.8. The Morgan fingerprint density at radius 1 is 1.12 bits per heavy atom. The standard InChI is InChI=1S/C19H21ClN2O3/c1-24-17-12-13(11-14(20)18(17)25-2)19(23)21-15-7-3-4-8-16(15)22-9-5-6-10-22/h3-4,7-8,11-12H,5-6,9-10H2,1-2H3,(H,21,23). The SMILES string of the molecule is COc1cc(C(=O)Nc2ccccc2N2CCCC2)cc(Cl)c1OC. The molecule has 1 aliphatic heterocycles. The Hall–Kier alpha value is -2.40. The van der Waals surface area contributed by atoms with Crippen LogP contribution in [0.1, 0.15) is 23.2 Å². The minimum atomic E-state index is -0.241. The van der Waals surface area contributed by atoms with Gasteiger partial charge in [0.25, 0.3) is 5.91 Å². The molecule has 132 valence electrons. The predicted octanol–water partition coefficient (Wildman–Crippen LogP) is 4.21. The molecule has 1 heterocycles. The summed E-state index contributed by atoms with van der Waals surface area (Å²) in [5, 5.41) is 3.32. The van der Waals surface area contributed by atoms with E-state index in [1.165, 1.54) is 27.1 Å². The Kier molecular flexibility index (Phi) is 5.34. The van der Waals surface area contributed by atoms with E-state index in [1.807, 2.05) is 24.3 Å². The van der Waals surface area contributed by atoms with Gasteiger partial charge in [-0.05, 0) is 37.1 Å². The summed E-state index contributed by atoms with van der Waals surface area (Å²) in [6.07, 6.45) is 2.35. The van der Waals surface area contributed by atoms with Crippen molar-refractivity contribution in [3.63, 3.8) is 0 Å². The number of ether oxygens (including phenoxy) is 2. The summed E-state index contributed by atoms with van der Waals surface area (Å²) in [4.78, 5) is 15.0. The number of para-hydroxylation sites is 2. The number of halogens is 1. The van der Waals surface area contributed by atoms with E-state index in [4.69, 9.17) is 21.1 Å². The van der Waals surface area contributed by atoms with Gasteiger partial charge < -0.3 is 19.7 Å². The molecule has 0 aromatic heterocycles. The van der Waals surface area contributed by atoms with Gasteiger partial charge in [-0.1, -0.05) is 23.7 Å². The summed E-state index contributed by atoms with van der Waals surface area (Å²) < 4.78 is 10.5. The van der Waals surface area contributed by atoms with Gasteiger partial charge in [0.2, 0.25) is 0 Å². The van der Waals surface area contributed by atoms with Gasteiger partial charge in [0.05, 0.1) is 30.6 Å². The number of nitrogens with one attached hydrogen (secondary N) is 1. The average molecular weight is 361 g/mol. The predicted molar refractivity (Wildman–Crippen MR) is 100 cm³/mol. The summed E-state index contributed by atoms with van der Waals surface area (Å²) in [6, 6.07) is 11.0. The molecule has 0 radical (unpaired) electrons. The number of benzene rings is 2. The molecule has 0 bridgehead atoms. The zero-order valence-corrected chi connectivity index (χ0v) is 15.1. The lowest BCUT2D eigenvalue weighted by molar-refractivity contribution is 0.102. The highest BCUT2D eigenvalue weighted by Gasteiger charge is 2.19. The molecule has 6 heteroatoms. The van der Waals surface area contributed by atoms with Gasteiger partial charge in [0.15, 0.2) is 11.5 Å². The summed E-state index contributed by atoms with van der Waals surface area (Å²) in [6.45, 7) is 2.02. The number of carbonyl (C=O) groups is 1. The molecule has 25 heavy (non-hydrogen) atoms. The molecule has 5 nitrogen and oxygen atoms in total. The van der Waals surface area contributed by atoms with Crippen LogP contribution in [0, 0.1) is 0 Å². The molecule has 1 N–H and O–H groups in total. The van der Waals surface area contributed by atoms with E-state index in [-0.39, 0.29) is 5.91 Å². The normalized spacial score (nSPS) is 13.6. The molecule has 1 aliphatic rings. The van der Waals surface area contributed by atoms with E-state index in [0.717, 1.165) is 24.5 Å². The van der Waals surface area contributed by atoms with Gasteiger partial charge >= 0.3 is 0 Å². The zero-order valence-electron chi connectivity index (χ0n) is 14.3. The number of nitrogens with zero attached hydrogens (tertiary/aromatic N) is 1. The second-order valence-corrected chi connectivity index (χ2v) is 6.27. The summed E-state index contributed by atoms with van der Waals surface area (Å²) >= 11 is 6.20. The molecule has 2 aromatic carbocycles. The molecule has 0 spiro atoms. The van der Waals surface area contributed by atoms with Crippen molar-refractivity contribution in [3.8, 4) is 11.5 Å². The van der Waals surface area contributed by atoms with Crippen molar-refractivity contribution in [3.05, 3.63) is 47.0 Å². The Balaban J connectivity index is 1.87. The molecule has 0 unspecified atom stereocenters. The topological polar surface area (TPSA) is 50.8 Å². The van der Waals surface area contributed by atoms with Crippen molar-refractivity contribution >= 4 is 28.9 Å². The van der Waals surface area contributed by atoms with Crippen molar-refractivity contribution < 1.29 is 14.3 Å². The fourth-order valence-electron chi connectivity index (χ4n) is 3.06. The Labute approximate surface area is 152 Å². The third-order valence-electron chi connectivity index (χ3n) is 4.29. The summed E-state index contributed by atoms with van der Waals surface area (Å²) in [7, 11) is 3.02. The van der Waals surface area contributed by atoms with Crippen LogP contribution in [0.5, 0.6) is 11.5 Å². The third kappa shape index (κ3) is 3.66. The maximum absolute atomic E-state index is 12.7. The van der Waals surface area contributed by atoms with Crippen LogP contribution in [-0.4, -0.2) is 33.2 Å². The minimum Gasteiger partial charge on any atom is -0.493 e. The van der Waals surface area contributed by atoms with E-state index < -0.39 is 0 Å². The Bertz CT molecular complexity index is 773. The quantitative estimate of drug-likeness (QED) is 0.867. The lowest BCUT2D eigenvalue weighted by atomic mass is 10.1. The lowest BCUT2D eigenvalue weighted by Crippen LogP contribution is -2.21. The smallest absolute Gasteiger partial charge is 0.255 e. The molecule has 1 amide bonds. The van der Waals surface area contributed by atoms with Crippen LogP contribution in [0.4, 0.5) is 11.4 Å². The number of amides is 1. The first kappa shape index (κ1) is 17.4. The molecular formula is C19H21ClN2O3. The number of hydrogen-bond donors (Lipinski definition) is 1. The Morgan fingerprint density at radius 2 is 1.84 bits per heavy atom. The number of anilines is 2. The maximum Gasteiger partial charge on any atom is 0.255 e. The van der Waals surface area contributed by atoms with E-state index >= 15 is 0 Å². The van der Waals surface area contributed by atoms with Gasteiger partial charge in [0.1, 0.15) is 0 Å². The highest BCUT2D eigenvalue weighted by molar-refractivity contribution is 6.32. The fraction of sp³-hybridized carbons (Fsp3) is 0.316. The second kappa shape index (κ2) is 7.66. The molecule has 0 saturated carbocycles. The minimum absolute atomic E-state index is 0.241. The van der Waals surface area contributed by atoms with Gasteiger partial charge in [-0.2, -0.15) is 0 Å². The Morgan fingerprint density at radius 3 is 2.52 bits per heavy atom. The van der Waals surface area contributed by atoms with Crippen LogP contribution >= 0.6 is 11.6 Å². The van der Waals surface area contributed by atoms with Crippen molar-refractivity contribution in [2.75, 3.05) is 37.5 Å². The lowest BCUT2D eigenvalue weighted by Gasteiger charge is -2.21. The first-order valence-corrected chi connectivity index (χ1v) is 8.58. The monoisotopic (exact) mass is 360 g/mol. The van der Waals surface area contributed by atoms with Gasteiger partial charge in [0, 0.05) is 18.7 Å². The highest BCUT2D eigenvalue weighted by Crippen LogP contribution is 2.36. The van der Waals surface area contributed by atoms with Crippen LogP contribution in [0.3, 0.4) is 0 Å². The summed E-state index contributed by atoms with van der Waals surface area (Å²) in [5.41, 5.74) is 2.25. The van der Waals surface area contributed by atoms with Crippen molar-refractivity contribution in [2.24, 2.45) is 0 Å². The molecule has 2 aromatic rings. The van der Waals surface area contributed by atoms with Crippen LogP contribution < -0.4 is 19.7 Å². The van der Waals surface area contributed by atoms with Crippen LogP contribution in [0.2, 0.25) is 5.02 Å². The first-order chi connectivity index (χ1) is 12.1. The molecule has 1 saturated heterocycles. The van der Waals surface area contributed by atoms with E-state index in [0.29, 0.717) is 22.1 Å². The highest BCUT2D eigenvalue weighted by atomic mass is 35.5. The van der Waals surface area contributed by atoms with Crippen molar-refractivity contribution in [1.82, 2.24) is 0 Å². The largest absolute Gasteiger partial charge is 0.493 e. The molecule has 0 atom stereocenters. The molecule has 0 aliphatic carbocycles. The number of rotatable bonds is 5. The molecule has 3 rings (SSSR count). The summed E-state index contributed by atoms with van der Waals surface area (Å²) in [5.74, 6) is 0.598. The first-order valence-electron chi connectivity index (χ1n) is 8.21. The van der Waals surface area contributed by atoms with E-state index in [9.17, 15) is 4.79 Å². The second-order valence-electron chi connectivity index (χ2n) is 5.86. The average Bonchev–Trinajstić information content (AvgIpc) is 3.15. The third-order valence-corrected chi connectivity index (χ3v) is 4.58. The van der Waals surface area contributed by atoms with Crippen LogP contribution in [0.15, 0.2) is 36.4 Å².